The van der Waals surface area contributed by atoms with Crippen LogP contribution in [0.15, 0.2) is 84.6 Å². The van der Waals surface area contributed by atoms with Crippen LogP contribution in [0.2, 0.25) is 0 Å². The molecule has 0 bridgehead atoms. The van der Waals surface area contributed by atoms with Crippen molar-refractivity contribution in [2.45, 2.75) is 18.9 Å². The molecule has 2 aromatic carbocycles. The molecule has 1 heterocycles. The number of allylic oxidation sites excluding steroid dienone is 4. The summed E-state index contributed by atoms with van der Waals surface area (Å²) in [6.07, 6.45) is 9.16. The van der Waals surface area contributed by atoms with Gasteiger partial charge in [-0.25, -0.2) is 0 Å². The zero-order valence-electron chi connectivity index (χ0n) is 12.0. The Morgan fingerprint density at radius 3 is 2.33 bits per heavy atom. The second-order valence-electron chi connectivity index (χ2n) is 5.82. The van der Waals surface area contributed by atoms with Gasteiger partial charge in [0.1, 0.15) is 0 Å². The molecule has 1 nitrogen and oxygen atoms in total. The van der Waals surface area contributed by atoms with Crippen LogP contribution in [0.5, 0.6) is 0 Å². The Kier molecular flexibility index (Phi) is 3.11. The zero-order valence-corrected chi connectivity index (χ0v) is 12.0. The van der Waals surface area contributed by atoms with Crippen molar-refractivity contribution in [2.75, 3.05) is 4.90 Å². The van der Waals surface area contributed by atoms with E-state index in [2.05, 4.69) is 83.8 Å². The number of nitrogens with zero attached hydrogens (tertiary/aromatic N) is 1. The Hall–Kier alpha value is -2.28. The van der Waals surface area contributed by atoms with Crippen molar-refractivity contribution in [1.82, 2.24) is 0 Å². The number of anilines is 1. The summed E-state index contributed by atoms with van der Waals surface area (Å²) in [5, 5.41) is 0. The monoisotopic (exact) mass is 273 g/mol. The summed E-state index contributed by atoms with van der Waals surface area (Å²) in [7, 11) is 0. The maximum atomic E-state index is 2.53. The second-order valence-corrected chi connectivity index (χ2v) is 5.82. The van der Waals surface area contributed by atoms with Crippen LogP contribution >= 0.6 is 0 Å². The first kappa shape index (κ1) is 12.5. The number of hydrogen-bond donors (Lipinski definition) is 0. The van der Waals surface area contributed by atoms with Crippen molar-refractivity contribution in [3.05, 3.63) is 90.2 Å². The fraction of sp³-hybridized carbons (Fsp3) is 0.200. The second kappa shape index (κ2) is 5.25. The van der Waals surface area contributed by atoms with E-state index in [0.29, 0.717) is 12.0 Å². The molecule has 0 aromatic heterocycles. The third kappa shape index (κ3) is 2.19. The van der Waals surface area contributed by atoms with Gasteiger partial charge in [-0.1, -0.05) is 60.7 Å². The smallest absolute Gasteiger partial charge is 0.0595 e. The molecule has 1 aliphatic carbocycles. The molecular weight excluding hydrogens is 254 g/mol. The zero-order chi connectivity index (χ0) is 14.1. The van der Waals surface area contributed by atoms with E-state index >= 15 is 0 Å². The molecule has 2 atom stereocenters. The molecule has 0 saturated carbocycles. The van der Waals surface area contributed by atoms with Gasteiger partial charge in [-0.15, -0.1) is 0 Å². The molecule has 1 heteroatoms. The van der Waals surface area contributed by atoms with Crippen molar-refractivity contribution >= 4 is 5.69 Å². The molecule has 0 radical (unpaired) electrons. The highest BCUT2D eigenvalue weighted by Crippen LogP contribution is 2.47. The van der Waals surface area contributed by atoms with E-state index in [9.17, 15) is 0 Å². The molecule has 4 rings (SSSR count). The van der Waals surface area contributed by atoms with Crippen LogP contribution < -0.4 is 4.90 Å². The van der Waals surface area contributed by atoms with E-state index in [1.54, 1.807) is 0 Å². The van der Waals surface area contributed by atoms with Crippen molar-refractivity contribution in [2.24, 2.45) is 5.92 Å². The first-order valence-corrected chi connectivity index (χ1v) is 7.69. The van der Waals surface area contributed by atoms with Crippen molar-refractivity contribution < 1.29 is 0 Å². The van der Waals surface area contributed by atoms with Crippen LogP contribution in [0.1, 0.15) is 24.4 Å². The molecule has 104 valence electrons. The fourth-order valence-electron chi connectivity index (χ4n) is 3.59. The summed E-state index contributed by atoms with van der Waals surface area (Å²) < 4.78 is 0. The van der Waals surface area contributed by atoms with E-state index in [0.717, 1.165) is 0 Å². The van der Waals surface area contributed by atoms with Crippen LogP contribution in [0.4, 0.5) is 5.69 Å². The topological polar surface area (TPSA) is 3.24 Å². The lowest BCUT2D eigenvalue weighted by Gasteiger charge is -2.29. The molecule has 0 N–H and O–H groups in total. The minimum absolute atomic E-state index is 0.449. The number of fused-ring (bicyclic) bond motifs is 1. The fourth-order valence-corrected chi connectivity index (χ4v) is 3.59. The van der Waals surface area contributed by atoms with Crippen LogP contribution in [0, 0.1) is 5.92 Å². The molecule has 0 amide bonds. The summed E-state index contributed by atoms with van der Waals surface area (Å²) in [4.78, 5) is 2.53. The van der Waals surface area contributed by atoms with Gasteiger partial charge in [0.05, 0.1) is 6.04 Å². The number of hydrogen-bond acceptors (Lipinski definition) is 1. The average molecular weight is 273 g/mol. The minimum Gasteiger partial charge on any atom is -0.337 e. The standard InChI is InChI=1S/C20H19N/c1-3-9-16(10-4-1)20-15-17-11-7-8-14-19(17)21(20)18-12-5-2-6-13-18/h1-10,12-14,17,20H,11,15H2. The predicted octanol–water partition coefficient (Wildman–Crippen LogP) is 5.10. The lowest BCUT2D eigenvalue weighted by atomic mass is 9.94. The van der Waals surface area contributed by atoms with Crippen LogP contribution in [0.3, 0.4) is 0 Å². The Morgan fingerprint density at radius 2 is 1.57 bits per heavy atom. The number of benzene rings is 2. The SMILES string of the molecule is C1=CCC2CC(c3ccccc3)N(c3ccccc3)C2=C1. The van der Waals surface area contributed by atoms with Gasteiger partial charge in [0.2, 0.25) is 0 Å². The summed E-state index contributed by atoms with van der Waals surface area (Å²) in [6.45, 7) is 0. The largest absolute Gasteiger partial charge is 0.337 e. The van der Waals surface area contributed by atoms with Gasteiger partial charge in [0.15, 0.2) is 0 Å². The Labute approximate surface area is 126 Å². The van der Waals surface area contributed by atoms with Gasteiger partial charge < -0.3 is 4.90 Å². The predicted molar refractivity (Wildman–Crippen MR) is 88.1 cm³/mol. The molecule has 1 aliphatic heterocycles. The number of rotatable bonds is 2. The molecule has 2 aliphatic rings. The third-order valence-corrected chi connectivity index (χ3v) is 4.56. The Bertz CT molecular complexity index is 669. The molecule has 1 fully saturated rings. The maximum Gasteiger partial charge on any atom is 0.0595 e. The minimum atomic E-state index is 0.449. The quantitative estimate of drug-likeness (QED) is 0.736. The van der Waals surface area contributed by atoms with E-state index in [1.165, 1.54) is 29.8 Å². The van der Waals surface area contributed by atoms with Gasteiger partial charge in [-0.05, 0) is 36.6 Å². The van der Waals surface area contributed by atoms with Crippen molar-refractivity contribution in [3.8, 4) is 0 Å². The van der Waals surface area contributed by atoms with Gasteiger partial charge in [0.25, 0.3) is 0 Å². The first-order valence-electron chi connectivity index (χ1n) is 7.69. The average Bonchev–Trinajstić information content (AvgIpc) is 2.96. The highest BCUT2D eigenvalue weighted by Gasteiger charge is 2.37. The van der Waals surface area contributed by atoms with Gasteiger partial charge in [-0.3, -0.25) is 0 Å². The summed E-state index contributed by atoms with van der Waals surface area (Å²) in [5.74, 6) is 0.653. The molecular formula is C20H19N. The van der Waals surface area contributed by atoms with E-state index in [1.807, 2.05) is 0 Å². The van der Waals surface area contributed by atoms with Crippen LogP contribution in [-0.2, 0) is 0 Å². The molecule has 2 unspecified atom stereocenters. The lowest BCUT2D eigenvalue weighted by Crippen LogP contribution is -2.22. The van der Waals surface area contributed by atoms with Crippen molar-refractivity contribution in [3.63, 3.8) is 0 Å². The van der Waals surface area contributed by atoms with E-state index < -0.39 is 0 Å². The first-order chi connectivity index (χ1) is 10.4. The highest BCUT2D eigenvalue weighted by atomic mass is 15.2. The number of para-hydroxylation sites is 1. The Balaban J connectivity index is 1.80. The highest BCUT2D eigenvalue weighted by molar-refractivity contribution is 5.58. The summed E-state index contributed by atoms with van der Waals surface area (Å²) in [5.41, 5.74) is 4.18. The lowest BCUT2D eigenvalue weighted by molar-refractivity contribution is 0.593. The van der Waals surface area contributed by atoms with Gasteiger partial charge >= 0.3 is 0 Å². The maximum absolute atomic E-state index is 2.53. The molecule has 0 spiro atoms. The summed E-state index contributed by atoms with van der Waals surface area (Å²) >= 11 is 0. The Morgan fingerprint density at radius 1 is 0.857 bits per heavy atom. The summed E-state index contributed by atoms with van der Waals surface area (Å²) in [6, 6.07) is 22.1. The molecule has 21 heavy (non-hydrogen) atoms. The van der Waals surface area contributed by atoms with E-state index in [4.69, 9.17) is 0 Å². The van der Waals surface area contributed by atoms with Crippen LogP contribution in [-0.4, -0.2) is 0 Å². The molecule has 1 saturated heterocycles. The normalized spacial score (nSPS) is 23.8. The molecule has 2 aromatic rings. The van der Waals surface area contributed by atoms with Crippen LogP contribution in [0.25, 0.3) is 0 Å². The van der Waals surface area contributed by atoms with E-state index in [-0.39, 0.29) is 0 Å². The van der Waals surface area contributed by atoms with Crippen molar-refractivity contribution in [1.29, 1.82) is 0 Å². The van der Waals surface area contributed by atoms with Gasteiger partial charge in [0, 0.05) is 17.3 Å². The third-order valence-electron chi connectivity index (χ3n) is 4.56. The van der Waals surface area contributed by atoms with Gasteiger partial charge in [-0.2, -0.15) is 0 Å².